The van der Waals surface area contributed by atoms with Crippen LogP contribution >= 0.6 is 0 Å². The molecule has 0 saturated heterocycles. The van der Waals surface area contributed by atoms with Gasteiger partial charge in [-0.3, -0.25) is 4.79 Å². The number of nitrogens with one attached hydrogen (secondary N) is 1. The maximum Gasteiger partial charge on any atom is 0.253 e. The molecule has 0 spiro atoms. The number of ether oxygens (including phenoxy) is 1. The monoisotopic (exact) mass is 254 g/mol. The number of hydrogen-bond acceptors (Lipinski definition) is 3. The van der Waals surface area contributed by atoms with Gasteiger partial charge in [-0.15, -0.1) is 0 Å². The van der Waals surface area contributed by atoms with Crippen LogP contribution in [0.25, 0.3) is 0 Å². The Morgan fingerprint density at radius 2 is 2.17 bits per heavy atom. The molecule has 0 aliphatic rings. The van der Waals surface area contributed by atoms with Gasteiger partial charge in [0.25, 0.3) is 5.91 Å². The second kappa shape index (κ2) is 5.82. The fourth-order valence-electron chi connectivity index (χ4n) is 1.57. The zero-order valence-corrected chi connectivity index (χ0v) is 10.9. The average molecular weight is 254 g/mol. The van der Waals surface area contributed by atoms with Crippen molar-refractivity contribution >= 4 is 11.6 Å². The van der Waals surface area contributed by atoms with Crippen LogP contribution in [0.15, 0.2) is 18.2 Å². The number of rotatable bonds is 5. The van der Waals surface area contributed by atoms with Crippen molar-refractivity contribution in [1.29, 1.82) is 0 Å². The van der Waals surface area contributed by atoms with Gasteiger partial charge >= 0.3 is 0 Å². The topological polar surface area (TPSA) is 64.3 Å². The summed E-state index contributed by atoms with van der Waals surface area (Å²) < 4.78 is 18.3. The molecular formula is C13H19FN2O2. The summed E-state index contributed by atoms with van der Waals surface area (Å²) in [4.78, 5) is 11.9. The van der Waals surface area contributed by atoms with Crippen molar-refractivity contribution in [2.75, 3.05) is 18.9 Å². The van der Waals surface area contributed by atoms with Crippen LogP contribution in [0.4, 0.5) is 10.1 Å². The second-order valence-corrected chi connectivity index (χ2v) is 4.61. The van der Waals surface area contributed by atoms with E-state index in [9.17, 15) is 9.18 Å². The third-order valence-electron chi connectivity index (χ3n) is 2.47. The smallest absolute Gasteiger partial charge is 0.253 e. The number of hydrogen-bond donors (Lipinski definition) is 2. The molecule has 18 heavy (non-hydrogen) atoms. The van der Waals surface area contributed by atoms with Crippen molar-refractivity contribution in [2.45, 2.75) is 26.4 Å². The summed E-state index contributed by atoms with van der Waals surface area (Å²) in [6, 6.07) is 3.70. The SMILES string of the molecule is CCOC(C)(C)CNC(=O)c1ccc(F)cc1N. The molecule has 3 N–H and O–H groups in total. The van der Waals surface area contributed by atoms with Crippen LogP contribution in [0, 0.1) is 5.82 Å². The van der Waals surface area contributed by atoms with Crippen molar-refractivity contribution in [3.8, 4) is 0 Å². The Hall–Kier alpha value is -1.62. The number of nitrogens with two attached hydrogens (primary N) is 1. The van der Waals surface area contributed by atoms with E-state index >= 15 is 0 Å². The quantitative estimate of drug-likeness (QED) is 0.789. The third-order valence-corrected chi connectivity index (χ3v) is 2.47. The molecule has 0 heterocycles. The molecule has 1 rings (SSSR count). The first-order valence-corrected chi connectivity index (χ1v) is 5.83. The van der Waals surface area contributed by atoms with Gasteiger partial charge in [0.2, 0.25) is 0 Å². The van der Waals surface area contributed by atoms with E-state index in [-0.39, 0.29) is 17.2 Å². The molecule has 0 radical (unpaired) electrons. The summed E-state index contributed by atoms with van der Waals surface area (Å²) >= 11 is 0. The largest absolute Gasteiger partial charge is 0.398 e. The molecule has 1 amide bonds. The summed E-state index contributed by atoms with van der Waals surface area (Å²) in [5.74, 6) is -0.793. The number of nitrogen functional groups attached to an aromatic ring is 1. The third kappa shape index (κ3) is 4.00. The number of benzene rings is 1. The van der Waals surface area contributed by atoms with Gasteiger partial charge < -0.3 is 15.8 Å². The maximum absolute atomic E-state index is 12.9. The number of carbonyl (C=O) groups is 1. The molecule has 0 aliphatic heterocycles. The first kappa shape index (κ1) is 14.4. The summed E-state index contributed by atoms with van der Waals surface area (Å²) in [6.45, 7) is 6.58. The highest BCUT2D eigenvalue weighted by molar-refractivity contribution is 5.99. The molecule has 0 atom stereocenters. The van der Waals surface area contributed by atoms with E-state index < -0.39 is 11.4 Å². The summed E-state index contributed by atoms with van der Waals surface area (Å²) in [5, 5.41) is 2.72. The summed E-state index contributed by atoms with van der Waals surface area (Å²) in [5.41, 5.74) is 5.54. The average Bonchev–Trinajstić information content (AvgIpc) is 2.26. The Bertz CT molecular complexity index is 433. The highest BCUT2D eigenvalue weighted by Crippen LogP contribution is 2.14. The highest BCUT2D eigenvalue weighted by Gasteiger charge is 2.19. The standard InChI is InChI=1S/C13H19FN2O2/c1-4-18-13(2,3)8-16-12(17)10-6-5-9(14)7-11(10)15/h5-7H,4,8,15H2,1-3H3,(H,16,17). The van der Waals surface area contributed by atoms with Crippen molar-refractivity contribution in [2.24, 2.45) is 0 Å². The first-order valence-electron chi connectivity index (χ1n) is 5.83. The Labute approximate surface area is 106 Å². The maximum atomic E-state index is 12.9. The van der Waals surface area contributed by atoms with Crippen molar-refractivity contribution in [3.05, 3.63) is 29.6 Å². The van der Waals surface area contributed by atoms with Crippen LogP contribution in [0.2, 0.25) is 0 Å². The molecule has 1 aromatic rings. The van der Waals surface area contributed by atoms with E-state index in [1.807, 2.05) is 20.8 Å². The zero-order chi connectivity index (χ0) is 13.8. The lowest BCUT2D eigenvalue weighted by Crippen LogP contribution is -2.40. The lowest BCUT2D eigenvalue weighted by molar-refractivity contribution is -0.00815. The lowest BCUT2D eigenvalue weighted by Gasteiger charge is -2.25. The molecule has 0 fully saturated rings. The van der Waals surface area contributed by atoms with E-state index in [4.69, 9.17) is 10.5 Å². The number of anilines is 1. The van der Waals surface area contributed by atoms with Gasteiger partial charge in [0.1, 0.15) is 5.82 Å². The van der Waals surface area contributed by atoms with Gasteiger partial charge in [0.05, 0.1) is 11.2 Å². The van der Waals surface area contributed by atoms with Crippen LogP contribution in [0.3, 0.4) is 0 Å². The molecule has 1 aromatic carbocycles. The molecule has 0 saturated carbocycles. The Kier molecular flexibility index (Phi) is 4.67. The predicted octanol–water partition coefficient (Wildman–Crippen LogP) is 1.95. The highest BCUT2D eigenvalue weighted by atomic mass is 19.1. The van der Waals surface area contributed by atoms with Crippen molar-refractivity contribution < 1.29 is 13.9 Å². The minimum Gasteiger partial charge on any atom is -0.398 e. The fraction of sp³-hybridized carbons (Fsp3) is 0.462. The molecule has 0 unspecified atom stereocenters. The van der Waals surface area contributed by atoms with Crippen LogP contribution < -0.4 is 11.1 Å². The van der Waals surface area contributed by atoms with Gasteiger partial charge in [-0.2, -0.15) is 0 Å². The Balaban J connectivity index is 2.66. The first-order chi connectivity index (χ1) is 8.35. The molecule has 0 aliphatic carbocycles. The van der Waals surface area contributed by atoms with Gasteiger partial charge in [-0.05, 0) is 39.0 Å². The molecule has 5 heteroatoms. The predicted molar refractivity (Wildman–Crippen MR) is 68.9 cm³/mol. The molecule has 0 aromatic heterocycles. The fourth-order valence-corrected chi connectivity index (χ4v) is 1.57. The zero-order valence-electron chi connectivity index (χ0n) is 10.9. The van der Waals surface area contributed by atoms with E-state index in [1.165, 1.54) is 12.1 Å². The van der Waals surface area contributed by atoms with Crippen LogP contribution in [0.5, 0.6) is 0 Å². The number of amides is 1. The van der Waals surface area contributed by atoms with E-state index in [1.54, 1.807) is 0 Å². The Morgan fingerprint density at radius 3 is 2.72 bits per heavy atom. The van der Waals surface area contributed by atoms with Crippen LogP contribution in [-0.2, 0) is 4.74 Å². The van der Waals surface area contributed by atoms with Crippen molar-refractivity contribution in [3.63, 3.8) is 0 Å². The molecular weight excluding hydrogens is 235 g/mol. The summed E-state index contributed by atoms with van der Waals surface area (Å²) in [7, 11) is 0. The van der Waals surface area contributed by atoms with Gasteiger partial charge in [0.15, 0.2) is 0 Å². The van der Waals surface area contributed by atoms with E-state index in [0.717, 1.165) is 6.07 Å². The van der Waals surface area contributed by atoms with Crippen molar-refractivity contribution in [1.82, 2.24) is 5.32 Å². The molecule has 4 nitrogen and oxygen atoms in total. The second-order valence-electron chi connectivity index (χ2n) is 4.61. The van der Waals surface area contributed by atoms with Gasteiger partial charge in [-0.25, -0.2) is 4.39 Å². The van der Waals surface area contributed by atoms with Crippen LogP contribution in [-0.4, -0.2) is 24.7 Å². The van der Waals surface area contributed by atoms with E-state index in [2.05, 4.69) is 5.32 Å². The minimum atomic E-state index is -0.460. The molecule has 0 bridgehead atoms. The molecule has 100 valence electrons. The Morgan fingerprint density at radius 1 is 1.50 bits per heavy atom. The van der Waals surface area contributed by atoms with Crippen LogP contribution in [0.1, 0.15) is 31.1 Å². The van der Waals surface area contributed by atoms with E-state index in [0.29, 0.717) is 13.2 Å². The lowest BCUT2D eigenvalue weighted by atomic mass is 10.1. The number of halogens is 1. The van der Waals surface area contributed by atoms with Gasteiger partial charge in [0, 0.05) is 18.8 Å². The normalized spacial score (nSPS) is 11.3. The number of carbonyl (C=O) groups excluding carboxylic acids is 1. The summed E-state index contributed by atoms with van der Waals surface area (Å²) in [6.07, 6.45) is 0. The van der Waals surface area contributed by atoms with Gasteiger partial charge in [-0.1, -0.05) is 0 Å². The minimum absolute atomic E-state index is 0.127.